The van der Waals surface area contributed by atoms with Crippen molar-refractivity contribution in [1.82, 2.24) is 4.98 Å². The maximum atomic E-state index is 5.85. The zero-order valence-electron chi connectivity index (χ0n) is 15.3. The van der Waals surface area contributed by atoms with Crippen molar-refractivity contribution in [2.75, 3.05) is 18.0 Å². The van der Waals surface area contributed by atoms with Crippen molar-refractivity contribution in [2.24, 2.45) is 5.73 Å². The van der Waals surface area contributed by atoms with Gasteiger partial charge in [0.05, 0.1) is 0 Å². The van der Waals surface area contributed by atoms with Gasteiger partial charge in [-0.25, -0.2) is 4.98 Å². The monoisotopic (exact) mass is 347 g/mol. The Morgan fingerprint density at radius 3 is 2.17 bits per heavy atom. The van der Waals surface area contributed by atoms with Gasteiger partial charge in [0.15, 0.2) is 0 Å². The molecule has 0 atom stereocenters. The molecular formula is C20H30ClN3. The van der Waals surface area contributed by atoms with Gasteiger partial charge in [-0.1, -0.05) is 43.6 Å². The van der Waals surface area contributed by atoms with Crippen LogP contribution in [0.2, 0.25) is 5.02 Å². The van der Waals surface area contributed by atoms with Crippen LogP contribution in [0.1, 0.15) is 43.4 Å². The Balaban J connectivity index is 0.000000221. The molecular weight excluding hydrogens is 318 g/mol. The molecule has 1 aliphatic heterocycles. The first-order chi connectivity index (χ1) is 11.6. The van der Waals surface area contributed by atoms with Crippen molar-refractivity contribution < 1.29 is 0 Å². The van der Waals surface area contributed by atoms with Gasteiger partial charge in [-0.3, -0.25) is 0 Å². The van der Waals surface area contributed by atoms with Crippen LogP contribution in [0.3, 0.4) is 0 Å². The van der Waals surface area contributed by atoms with Crippen molar-refractivity contribution in [3.63, 3.8) is 0 Å². The van der Waals surface area contributed by atoms with Gasteiger partial charge < -0.3 is 10.6 Å². The van der Waals surface area contributed by atoms with Gasteiger partial charge >= 0.3 is 0 Å². The molecule has 0 bridgehead atoms. The first-order valence-electron chi connectivity index (χ1n) is 8.73. The molecule has 1 fully saturated rings. The first kappa shape index (κ1) is 20.5. The molecule has 4 heteroatoms. The number of rotatable bonds is 2. The van der Waals surface area contributed by atoms with Crippen LogP contribution in [0.25, 0.3) is 0 Å². The average molecular weight is 348 g/mol. The zero-order chi connectivity index (χ0) is 17.9. The third kappa shape index (κ3) is 6.50. The number of benzene rings is 1. The minimum Gasteiger partial charge on any atom is -0.357 e. The van der Waals surface area contributed by atoms with E-state index in [4.69, 9.17) is 17.3 Å². The highest BCUT2D eigenvalue weighted by Crippen LogP contribution is 2.17. The van der Waals surface area contributed by atoms with Crippen molar-refractivity contribution >= 4 is 17.4 Å². The lowest BCUT2D eigenvalue weighted by molar-refractivity contribution is 0.935. The SMILES string of the molecule is CC.Cc1ccc(CN)c(Cl)c1.Cc1ccc(N2CCCC2)nc1. The third-order valence-corrected chi connectivity index (χ3v) is 4.11. The molecule has 24 heavy (non-hydrogen) atoms. The van der Waals surface area contributed by atoms with Crippen LogP contribution in [-0.2, 0) is 6.54 Å². The third-order valence-electron chi connectivity index (χ3n) is 3.75. The Morgan fingerprint density at radius 1 is 1.04 bits per heavy atom. The van der Waals surface area contributed by atoms with E-state index < -0.39 is 0 Å². The molecule has 1 aliphatic rings. The molecule has 0 aliphatic carbocycles. The molecule has 0 spiro atoms. The normalized spacial score (nSPS) is 12.8. The van der Waals surface area contributed by atoms with Crippen molar-refractivity contribution in [2.45, 2.75) is 47.1 Å². The zero-order valence-corrected chi connectivity index (χ0v) is 16.1. The summed E-state index contributed by atoms with van der Waals surface area (Å²) >= 11 is 5.85. The number of pyridine rings is 1. The number of aryl methyl sites for hydroxylation is 2. The summed E-state index contributed by atoms with van der Waals surface area (Å²) in [6, 6.07) is 10.1. The number of hydrogen-bond donors (Lipinski definition) is 1. The molecule has 2 heterocycles. The summed E-state index contributed by atoms with van der Waals surface area (Å²) in [6.07, 6.45) is 4.57. The largest absolute Gasteiger partial charge is 0.357 e. The van der Waals surface area contributed by atoms with Gasteiger partial charge in [-0.15, -0.1) is 0 Å². The second-order valence-electron chi connectivity index (χ2n) is 5.69. The molecule has 0 radical (unpaired) electrons. The Morgan fingerprint density at radius 2 is 1.67 bits per heavy atom. The summed E-state index contributed by atoms with van der Waals surface area (Å²) in [5.41, 5.74) is 8.83. The molecule has 0 unspecified atom stereocenters. The second kappa shape index (κ2) is 11.1. The maximum Gasteiger partial charge on any atom is 0.128 e. The summed E-state index contributed by atoms with van der Waals surface area (Å²) in [7, 11) is 0. The summed E-state index contributed by atoms with van der Waals surface area (Å²) in [5.74, 6) is 1.14. The molecule has 1 saturated heterocycles. The molecule has 2 aromatic rings. The second-order valence-corrected chi connectivity index (χ2v) is 6.09. The van der Waals surface area contributed by atoms with Gasteiger partial charge in [-0.2, -0.15) is 0 Å². The van der Waals surface area contributed by atoms with Gasteiger partial charge in [-0.05, 0) is 55.5 Å². The van der Waals surface area contributed by atoms with E-state index in [1.54, 1.807) is 0 Å². The van der Waals surface area contributed by atoms with E-state index in [2.05, 4.69) is 28.9 Å². The van der Waals surface area contributed by atoms with E-state index in [-0.39, 0.29) is 0 Å². The number of anilines is 1. The fourth-order valence-electron chi connectivity index (χ4n) is 2.41. The van der Waals surface area contributed by atoms with Crippen molar-refractivity contribution in [1.29, 1.82) is 0 Å². The molecule has 3 rings (SSSR count). The van der Waals surface area contributed by atoms with E-state index in [0.717, 1.165) is 16.4 Å². The van der Waals surface area contributed by atoms with E-state index in [0.29, 0.717) is 6.54 Å². The van der Waals surface area contributed by atoms with Gasteiger partial charge in [0.25, 0.3) is 0 Å². The van der Waals surface area contributed by atoms with E-state index in [1.165, 1.54) is 37.1 Å². The lowest BCUT2D eigenvalue weighted by atomic mass is 10.1. The topological polar surface area (TPSA) is 42.1 Å². The molecule has 2 N–H and O–H groups in total. The van der Waals surface area contributed by atoms with Gasteiger partial charge in [0.1, 0.15) is 5.82 Å². The maximum absolute atomic E-state index is 5.85. The summed E-state index contributed by atoms with van der Waals surface area (Å²) < 4.78 is 0. The Kier molecular flexibility index (Phi) is 9.43. The average Bonchev–Trinajstić information content (AvgIpc) is 3.13. The lowest BCUT2D eigenvalue weighted by Crippen LogP contribution is -2.18. The molecule has 3 nitrogen and oxygen atoms in total. The van der Waals surface area contributed by atoms with Crippen molar-refractivity contribution in [3.8, 4) is 0 Å². The van der Waals surface area contributed by atoms with E-state index in [1.807, 2.05) is 45.2 Å². The van der Waals surface area contributed by atoms with E-state index >= 15 is 0 Å². The highest BCUT2D eigenvalue weighted by Gasteiger charge is 2.12. The predicted octanol–water partition coefficient (Wildman–Crippen LogP) is 5.12. The number of nitrogens with zero attached hydrogens (tertiary/aromatic N) is 2. The van der Waals surface area contributed by atoms with Crippen LogP contribution in [0, 0.1) is 13.8 Å². The van der Waals surface area contributed by atoms with Crippen LogP contribution in [0.15, 0.2) is 36.5 Å². The van der Waals surface area contributed by atoms with Crippen LogP contribution < -0.4 is 10.6 Å². The van der Waals surface area contributed by atoms with Gasteiger partial charge in [0, 0.05) is 30.9 Å². The summed E-state index contributed by atoms with van der Waals surface area (Å²) in [4.78, 5) is 6.73. The van der Waals surface area contributed by atoms with Crippen LogP contribution >= 0.6 is 11.6 Å². The van der Waals surface area contributed by atoms with Crippen LogP contribution in [0.4, 0.5) is 5.82 Å². The predicted molar refractivity (Wildman–Crippen MR) is 106 cm³/mol. The highest BCUT2D eigenvalue weighted by atomic mass is 35.5. The van der Waals surface area contributed by atoms with Gasteiger partial charge in [0.2, 0.25) is 0 Å². The quantitative estimate of drug-likeness (QED) is 0.819. The Labute approximate surface area is 151 Å². The minimum atomic E-state index is 0.513. The molecule has 132 valence electrons. The molecule has 0 saturated carbocycles. The lowest BCUT2D eigenvalue weighted by Gasteiger charge is -2.15. The minimum absolute atomic E-state index is 0.513. The summed E-state index contributed by atoms with van der Waals surface area (Å²) in [5, 5.41) is 0.766. The Bertz CT molecular complexity index is 590. The summed E-state index contributed by atoms with van der Waals surface area (Å²) in [6.45, 7) is 10.9. The van der Waals surface area contributed by atoms with Crippen LogP contribution in [-0.4, -0.2) is 18.1 Å². The fourth-order valence-corrected chi connectivity index (χ4v) is 2.72. The molecule has 1 aromatic carbocycles. The molecule has 0 amide bonds. The number of aromatic nitrogens is 1. The first-order valence-corrected chi connectivity index (χ1v) is 9.10. The number of hydrogen-bond acceptors (Lipinski definition) is 3. The fraction of sp³-hybridized carbons (Fsp3) is 0.450. The standard InChI is InChI=1S/C10H14N2.C8H10ClN.C2H6/c1-9-4-5-10(11-8-9)12-6-2-3-7-12;1-6-2-3-7(5-10)8(9)4-6;1-2/h4-5,8H,2-3,6-7H2,1H3;2-4H,5,10H2,1H3;1-2H3. The smallest absolute Gasteiger partial charge is 0.128 e. The number of halogens is 1. The van der Waals surface area contributed by atoms with E-state index in [9.17, 15) is 0 Å². The Hall–Kier alpha value is -1.58. The molecule has 1 aromatic heterocycles. The van der Waals surface area contributed by atoms with Crippen LogP contribution in [0.5, 0.6) is 0 Å². The number of nitrogens with two attached hydrogens (primary N) is 1. The highest BCUT2D eigenvalue weighted by molar-refractivity contribution is 6.31. The van der Waals surface area contributed by atoms with Crippen molar-refractivity contribution in [3.05, 3.63) is 58.2 Å².